The standard InChI is InChI=1S/C14H19NO4/c1-18-11-5-2-4-10(8-11)12(16)9-15-14(17)13-6-3-7-19-13/h2,4-5,8,12-13,16H,3,6-7,9H2,1H3,(H,15,17)/t12-,13-/m1/s1. The number of methoxy groups -OCH3 is 1. The van der Waals surface area contributed by atoms with Gasteiger partial charge < -0.3 is 19.9 Å². The maximum atomic E-state index is 11.7. The van der Waals surface area contributed by atoms with E-state index < -0.39 is 6.10 Å². The van der Waals surface area contributed by atoms with Gasteiger partial charge in [-0.1, -0.05) is 12.1 Å². The molecule has 1 aromatic rings. The summed E-state index contributed by atoms with van der Waals surface area (Å²) in [4.78, 5) is 11.7. The maximum absolute atomic E-state index is 11.7. The second kappa shape index (κ2) is 6.54. The summed E-state index contributed by atoms with van der Waals surface area (Å²) in [6.07, 6.45) is 0.551. The summed E-state index contributed by atoms with van der Waals surface area (Å²) in [6.45, 7) is 0.808. The van der Waals surface area contributed by atoms with Crippen LogP contribution in [0.5, 0.6) is 5.75 Å². The molecule has 0 radical (unpaired) electrons. The van der Waals surface area contributed by atoms with E-state index in [1.807, 2.05) is 0 Å². The van der Waals surface area contributed by atoms with Crippen LogP contribution in [-0.2, 0) is 9.53 Å². The average Bonchev–Trinajstić information content (AvgIpc) is 2.98. The van der Waals surface area contributed by atoms with Crippen molar-refractivity contribution in [1.29, 1.82) is 0 Å². The van der Waals surface area contributed by atoms with Crippen LogP contribution in [0.15, 0.2) is 24.3 Å². The first kappa shape index (κ1) is 13.8. The van der Waals surface area contributed by atoms with E-state index in [9.17, 15) is 9.90 Å². The van der Waals surface area contributed by atoms with E-state index in [0.717, 1.165) is 12.8 Å². The molecule has 0 bridgehead atoms. The predicted octanol–water partition coefficient (Wildman–Crippen LogP) is 1.02. The van der Waals surface area contributed by atoms with Crippen LogP contribution in [0, 0.1) is 0 Å². The molecule has 0 aromatic heterocycles. The zero-order valence-electron chi connectivity index (χ0n) is 11.0. The first-order chi connectivity index (χ1) is 9.20. The van der Waals surface area contributed by atoms with E-state index in [1.165, 1.54) is 0 Å². The zero-order chi connectivity index (χ0) is 13.7. The number of hydrogen-bond donors (Lipinski definition) is 2. The lowest BCUT2D eigenvalue weighted by atomic mass is 10.1. The molecule has 2 N–H and O–H groups in total. The third-order valence-electron chi connectivity index (χ3n) is 3.17. The van der Waals surface area contributed by atoms with Crippen molar-refractivity contribution in [2.24, 2.45) is 0 Å². The van der Waals surface area contributed by atoms with Gasteiger partial charge in [-0.15, -0.1) is 0 Å². The first-order valence-corrected chi connectivity index (χ1v) is 6.42. The number of carbonyl (C=O) groups is 1. The van der Waals surface area contributed by atoms with Crippen molar-refractivity contribution in [3.05, 3.63) is 29.8 Å². The quantitative estimate of drug-likeness (QED) is 0.834. The van der Waals surface area contributed by atoms with Crippen LogP contribution in [0.1, 0.15) is 24.5 Å². The fourth-order valence-corrected chi connectivity index (χ4v) is 2.06. The van der Waals surface area contributed by atoms with Gasteiger partial charge in [-0.3, -0.25) is 4.79 Å². The van der Waals surface area contributed by atoms with Gasteiger partial charge in [-0.2, -0.15) is 0 Å². The van der Waals surface area contributed by atoms with Gasteiger partial charge in [0.15, 0.2) is 0 Å². The minimum Gasteiger partial charge on any atom is -0.497 e. The summed E-state index contributed by atoms with van der Waals surface area (Å²) in [6, 6.07) is 7.16. The van der Waals surface area contributed by atoms with Crippen molar-refractivity contribution < 1.29 is 19.4 Å². The smallest absolute Gasteiger partial charge is 0.249 e. The molecule has 5 heteroatoms. The molecule has 19 heavy (non-hydrogen) atoms. The molecule has 5 nitrogen and oxygen atoms in total. The van der Waals surface area contributed by atoms with Crippen molar-refractivity contribution in [2.45, 2.75) is 25.0 Å². The Balaban J connectivity index is 1.86. The lowest BCUT2D eigenvalue weighted by molar-refractivity contribution is -0.130. The van der Waals surface area contributed by atoms with Crippen LogP contribution in [0.25, 0.3) is 0 Å². The van der Waals surface area contributed by atoms with E-state index in [4.69, 9.17) is 9.47 Å². The van der Waals surface area contributed by atoms with Crippen LogP contribution in [0.2, 0.25) is 0 Å². The number of ether oxygens (including phenoxy) is 2. The molecule has 0 aliphatic carbocycles. The summed E-state index contributed by atoms with van der Waals surface area (Å²) in [5.41, 5.74) is 0.715. The van der Waals surface area contributed by atoms with Crippen molar-refractivity contribution in [2.75, 3.05) is 20.3 Å². The molecule has 0 spiro atoms. The number of nitrogens with one attached hydrogen (secondary N) is 1. The Labute approximate surface area is 112 Å². The third-order valence-corrected chi connectivity index (χ3v) is 3.17. The minimum atomic E-state index is -0.750. The highest BCUT2D eigenvalue weighted by molar-refractivity contribution is 5.80. The van der Waals surface area contributed by atoms with Gasteiger partial charge in [0.1, 0.15) is 11.9 Å². The summed E-state index contributed by atoms with van der Waals surface area (Å²) in [7, 11) is 1.57. The molecule has 1 aromatic carbocycles. The SMILES string of the molecule is COc1cccc([C@H](O)CNC(=O)[C@H]2CCCO2)c1. The molecule has 2 rings (SSSR count). The number of rotatable bonds is 5. The van der Waals surface area contributed by atoms with Crippen LogP contribution < -0.4 is 10.1 Å². The summed E-state index contributed by atoms with van der Waals surface area (Å²) < 4.78 is 10.4. The first-order valence-electron chi connectivity index (χ1n) is 6.42. The van der Waals surface area contributed by atoms with E-state index in [-0.39, 0.29) is 18.6 Å². The molecule has 2 atom stereocenters. The summed E-state index contributed by atoms with van der Waals surface area (Å²) in [5.74, 6) is 0.529. The minimum absolute atomic E-state index is 0.153. The Kier molecular flexibility index (Phi) is 4.76. The average molecular weight is 265 g/mol. The van der Waals surface area contributed by atoms with Crippen LogP contribution in [0.3, 0.4) is 0 Å². The predicted molar refractivity (Wildman–Crippen MR) is 69.9 cm³/mol. The Morgan fingerprint density at radius 3 is 3.16 bits per heavy atom. The molecule has 1 aliphatic rings. The van der Waals surface area contributed by atoms with Crippen LogP contribution in [-0.4, -0.2) is 37.4 Å². The fraction of sp³-hybridized carbons (Fsp3) is 0.500. The zero-order valence-corrected chi connectivity index (χ0v) is 11.0. The number of aliphatic hydroxyl groups excluding tert-OH is 1. The second-order valence-electron chi connectivity index (χ2n) is 4.54. The normalized spacial score (nSPS) is 20.0. The molecular weight excluding hydrogens is 246 g/mol. The molecular formula is C14H19NO4. The second-order valence-corrected chi connectivity index (χ2v) is 4.54. The Morgan fingerprint density at radius 1 is 1.63 bits per heavy atom. The third kappa shape index (κ3) is 3.68. The summed E-state index contributed by atoms with van der Waals surface area (Å²) in [5, 5.41) is 12.7. The van der Waals surface area contributed by atoms with Gasteiger partial charge in [-0.25, -0.2) is 0 Å². The fourth-order valence-electron chi connectivity index (χ4n) is 2.06. The lowest BCUT2D eigenvalue weighted by Gasteiger charge is -2.15. The van der Waals surface area contributed by atoms with Crippen LogP contribution in [0.4, 0.5) is 0 Å². The molecule has 1 saturated heterocycles. The molecule has 1 aliphatic heterocycles. The monoisotopic (exact) mass is 265 g/mol. The van der Waals surface area contributed by atoms with Crippen LogP contribution >= 0.6 is 0 Å². The molecule has 1 heterocycles. The Morgan fingerprint density at radius 2 is 2.47 bits per heavy atom. The van der Waals surface area contributed by atoms with Crippen molar-refractivity contribution in [1.82, 2.24) is 5.32 Å². The highest BCUT2D eigenvalue weighted by Crippen LogP contribution is 2.19. The lowest BCUT2D eigenvalue weighted by Crippen LogP contribution is -2.36. The molecule has 1 fully saturated rings. The largest absolute Gasteiger partial charge is 0.497 e. The van der Waals surface area contributed by atoms with Gasteiger partial charge in [0.05, 0.1) is 13.2 Å². The number of benzene rings is 1. The molecule has 0 unspecified atom stereocenters. The highest BCUT2D eigenvalue weighted by atomic mass is 16.5. The molecule has 0 saturated carbocycles. The molecule has 1 amide bonds. The number of carbonyl (C=O) groups excluding carboxylic acids is 1. The van der Waals surface area contributed by atoms with Gasteiger partial charge in [0.2, 0.25) is 5.91 Å². The Bertz CT molecular complexity index is 429. The van der Waals surface area contributed by atoms with E-state index in [2.05, 4.69) is 5.32 Å². The number of aliphatic hydroxyl groups is 1. The Hall–Kier alpha value is -1.59. The van der Waals surface area contributed by atoms with Crippen molar-refractivity contribution >= 4 is 5.91 Å². The summed E-state index contributed by atoms with van der Waals surface area (Å²) >= 11 is 0. The molecule has 104 valence electrons. The highest BCUT2D eigenvalue weighted by Gasteiger charge is 2.23. The topological polar surface area (TPSA) is 67.8 Å². The maximum Gasteiger partial charge on any atom is 0.249 e. The van der Waals surface area contributed by atoms with E-state index in [1.54, 1.807) is 31.4 Å². The number of amides is 1. The van der Waals surface area contributed by atoms with E-state index in [0.29, 0.717) is 17.9 Å². The van der Waals surface area contributed by atoms with Gasteiger partial charge in [0.25, 0.3) is 0 Å². The van der Waals surface area contributed by atoms with Crippen molar-refractivity contribution in [3.63, 3.8) is 0 Å². The number of hydrogen-bond acceptors (Lipinski definition) is 4. The van der Waals surface area contributed by atoms with Gasteiger partial charge in [-0.05, 0) is 30.5 Å². The van der Waals surface area contributed by atoms with Crippen molar-refractivity contribution in [3.8, 4) is 5.75 Å². The van der Waals surface area contributed by atoms with Gasteiger partial charge in [0, 0.05) is 13.2 Å². The van der Waals surface area contributed by atoms with E-state index >= 15 is 0 Å². The van der Waals surface area contributed by atoms with Gasteiger partial charge >= 0.3 is 0 Å².